The van der Waals surface area contributed by atoms with Crippen molar-refractivity contribution < 1.29 is 13.0 Å². The second-order valence-electron chi connectivity index (χ2n) is 0.782. The highest BCUT2D eigenvalue weighted by Gasteiger charge is 1.96. The van der Waals surface area contributed by atoms with Gasteiger partial charge in [-0.3, -0.25) is 4.55 Å². The molecule has 7 nitrogen and oxygen atoms in total. The van der Waals surface area contributed by atoms with E-state index in [2.05, 4.69) is 16.3 Å². The minimum absolute atomic E-state index is 1.23. The van der Waals surface area contributed by atoms with Gasteiger partial charge in [-0.15, -0.1) is 0 Å². The molecule has 0 saturated carbocycles. The average Bonchev–Trinajstić information content (AvgIpc) is 1.59. The Labute approximate surface area is 45.4 Å². The molecule has 0 atom stereocenters. The van der Waals surface area contributed by atoms with E-state index in [0.717, 1.165) is 0 Å². The van der Waals surface area contributed by atoms with Gasteiger partial charge in [-0.05, 0) is 5.22 Å². The Kier molecular flexibility index (Phi) is 2.16. The molecule has 0 amide bonds. The van der Waals surface area contributed by atoms with E-state index in [4.69, 9.17) is 4.55 Å². The topological polar surface area (TPSA) is 117 Å². The van der Waals surface area contributed by atoms with Crippen LogP contribution in [0.1, 0.15) is 0 Å². The van der Waals surface area contributed by atoms with Crippen molar-refractivity contribution in [3.8, 4) is 0 Å². The van der Waals surface area contributed by atoms with Gasteiger partial charge >= 0.3 is 10.3 Å². The van der Waals surface area contributed by atoms with Gasteiger partial charge < -0.3 is 5.84 Å². The highest BCUT2D eigenvalue weighted by atomic mass is 32.2. The molecule has 0 aromatic heterocycles. The second kappa shape index (κ2) is 2.43. The fraction of sp³-hybridized carbons (Fsp3) is 0. The maximum atomic E-state index is 9.63. The van der Waals surface area contributed by atoms with Gasteiger partial charge in [0.1, 0.15) is 0 Å². The van der Waals surface area contributed by atoms with Crippen LogP contribution in [-0.4, -0.2) is 13.0 Å². The summed E-state index contributed by atoms with van der Waals surface area (Å²) < 4.78 is 27.1. The Morgan fingerprint density at radius 2 is 2.12 bits per heavy atom. The molecule has 0 saturated heterocycles. The summed E-state index contributed by atoms with van der Waals surface area (Å²) in [6.07, 6.45) is 0. The van der Waals surface area contributed by atoms with E-state index < -0.39 is 10.3 Å². The van der Waals surface area contributed by atoms with Crippen LogP contribution in [0.15, 0.2) is 10.4 Å². The molecule has 4 N–H and O–H groups in total. The first-order valence-electron chi connectivity index (χ1n) is 1.40. The molecule has 0 heterocycles. The Hall–Kier alpha value is -0.890. The summed E-state index contributed by atoms with van der Waals surface area (Å²) in [6.45, 7) is 0. The molecule has 0 unspecified atom stereocenters. The standard InChI is InChI=1S/H4N4O3S/c1-2-3-4-8(5,6)7/h(H2,1,3)(H,2,4)(H,5,6,7). The van der Waals surface area contributed by atoms with Crippen molar-refractivity contribution in [2.75, 3.05) is 0 Å². The fourth-order valence-corrected chi connectivity index (χ4v) is 0.225. The van der Waals surface area contributed by atoms with Crippen molar-refractivity contribution in [1.82, 2.24) is 4.83 Å². The van der Waals surface area contributed by atoms with Gasteiger partial charge in [0.05, 0.1) is 0 Å². The monoisotopic (exact) mass is 140 g/mol. The smallest absolute Gasteiger partial charge is 0.303 e. The van der Waals surface area contributed by atoms with E-state index in [1.165, 1.54) is 4.83 Å². The third-order valence-electron chi connectivity index (χ3n) is 0.214. The summed E-state index contributed by atoms with van der Waals surface area (Å²) in [7, 11) is -4.28. The first kappa shape index (κ1) is 7.11. The molecule has 0 bridgehead atoms. The van der Waals surface area contributed by atoms with Crippen molar-refractivity contribution in [2.24, 2.45) is 16.3 Å². The van der Waals surface area contributed by atoms with Gasteiger partial charge in [0, 0.05) is 0 Å². The van der Waals surface area contributed by atoms with Crippen LogP contribution in [0.2, 0.25) is 0 Å². The number of hydrogen-bond donors (Lipinski definition) is 3. The lowest BCUT2D eigenvalue weighted by Gasteiger charge is -1.86. The third kappa shape index (κ3) is 5.11. The molecule has 0 spiro atoms. The van der Waals surface area contributed by atoms with E-state index in [-0.39, 0.29) is 0 Å². The zero-order valence-electron chi connectivity index (χ0n) is 3.64. The molecule has 0 aliphatic carbocycles. The van der Waals surface area contributed by atoms with Gasteiger partial charge in [0.15, 0.2) is 0 Å². The minimum atomic E-state index is -4.28. The molecule has 8 heavy (non-hydrogen) atoms. The summed E-state index contributed by atoms with van der Waals surface area (Å²) in [6, 6.07) is 0. The van der Waals surface area contributed by atoms with Crippen molar-refractivity contribution in [2.45, 2.75) is 0 Å². The summed E-state index contributed by atoms with van der Waals surface area (Å²) in [4.78, 5) is 1.23. The van der Waals surface area contributed by atoms with Gasteiger partial charge in [-0.2, -0.15) is 13.2 Å². The first-order valence-corrected chi connectivity index (χ1v) is 2.84. The highest BCUT2D eigenvalue weighted by molar-refractivity contribution is 7.83. The fourth-order valence-electron chi connectivity index (χ4n) is 0.0752. The number of hydrogen-bond acceptors (Lipinski definition) is 4. The molecule has 0 aromatic rings. The zero-order valence-corrected chi connectivity index (χ0v) is 4.46. The van der Waals surface area contributed by atoms with Crippen LogP contribution in [0.4, 0.5) is 0 Å². The normalized spacial score (nSPS) is 12.1. The molecular formula is H4N4O3S. The SMILES string of the molecule is NN=NNS(=O)(=O)O. The first-order chi connectivity index (χ1) is 3.56. The zero-order chi connectivity index (χ0) is 6.62. The number of nitrogens with two attached hydrogens (primary N) is 1. The number of nitrogens with zero attached hydrogens (tertiary/aromatic N) is 2. The summed E-state index contributed by atoms with van der Waals surface area (Å²) >= 11 is 0. The largest absolute Gasteiger partial charge is 0.373 e. The predicted molar refractivity (Wildman–Crippen MR) is 23.7 cm³/mol. The van der Waals surface area contributed by atoms with E-state index in [0.29, 0.717) is 0 Å². The van der Waals surface area contributed by atoms with Crippen LogP contribution < -0.4 is 10.7 Å². The van der Waals surface area contributed by atoms with Crippen LogP contribution >= 0.6 is 0 Å². The van der Waals surface area contributed by atoms with Crippen LogP contribution in [0.5, 0.6) is 0 Å². The average molecular weight is 140 g/mol. The van der Waals surface area contributed by atoms with E-state index >= 15 is 0 Å². The highest BCUT2D eigenvalue weighted by Crippen LogP contribution is 1.69. The van der Waals surface area contributed by atoms with Crippen molar-refractivity contribution in [1.29, 1.82) is 0 Å². The lowest BCUT2D eigenvalue weighted by Crippen LogP contribution is -2.15. The third-order valence-corrected chi connectivity index (χ3v) is 0.526. The number of nitrogens with one attached hydrogen (secondary N) is 1. The van der Waals surface area contributed by atoms with Crippen molar-refractivity contribution in [3.63, 3.8) is 0 Å². The van der Waals surface area contributed by atoms with E-state index in [9.17, 15) is 8.42 Å². The molecule has 48 valence electrons. The quantitative estimate of drug-likeness (QED) is 0.189. The predicted octanol–water partition coefficient (Wildman–Crippen LogP) is -1.38. The molecule has 0 rings (SSSR count). The Balaban J connectivity index is 3.76. The van der Waals surface area contributed by atoms with Gasteiger partial charge in [-0.1, -0.05) is 5.22 Å². The van der Waals surface area contributed by atoms with Crippen molar-refractivity contribution in [3.05, 3.63) is 0 Å². The molecule has 0 aromatic carbocycles. The van der Waals surface area contributed by atoms with Crippen LogP contribution in [0.3, 0.4) is 0 Å². The van der Waals surface area contributed by atoms with Gasteiger partial charge in [0.25, 0.3) is 0 Å². The molecular weight excluding hydrogens is 136 g/mol. The van der Waals surface area contributed by atoms with Crippen LogP contribution in [-0.2, 0) is 10.3 Å². The van der Waals surface area contributed by atoms with Crippen molar-refractivity contribution >= 4 is 10.3 Å². The molecule has 0 aliphatic heterocycles. The summed E-state index contributed by atoms with van der Waals surface area (Å²) in [5, 5.41) is 5.05. The molecule has 0 radical (unpaired) electrons. The lowest BCUT2D eigenvalue weighted by atomic mass is 12.6. The van der Waals surface area contributed by atoms with Gasteiger partial charge in [0.2, 0.25) is 0 Å². The summed E-state index contributed by atoms with van der Waals surface area (Å²) in [5.41, 5.74) is 0. The number of rotatable bonds is 2. The summed E-state index contributed by atoms with van der Waals surface area (Å²) in [5.74, 6) is 4.36. The molecule has 0 aliphatic rings. The Morgan fingerprint density at radius 3 is 2.25 bits per heavy atom. The van der Waals surface area contributed by atoms with Gasteiger partial charge in [-0.25, -0.2) is 0 Å². The van der Waals surface area contributed by atoms with Crippen LogP contribution in [0, 0.1) is 0 Å². The van der Waals surface area contributed by atoms with E-state index in [1.54, 1.807) is 0 Å². The van der Waals surface area contributed by atoms with E-state index in [1.807, 2.05) is 0 Å². The minimum Gasteiger partial charge on any atom is -0.303 e. The maximum absolute atomic E-state index is 9.63. The Bertz CT molecular complexity index is 166. The molecule has 8 heteroatoms. The van der Waals surface area contributed by atoms with Crippen LogP contribution in [0.25, 0.3) is 0 Å². The second-order valence-corrected chi connectivity index (χ2v) is 1.91. The lowest BCUT2D eigenvalue weighted by molar-refractivity contribution is 0.467. The Morgan fingerprint density at radius 1 is 1.62 bits per heavy atom. The molecule has 0 fully saturated rings. The maximum Gasteiger partial charge on any atom is 0.373 e.